The quantitative estimate of drug-likeness (QED) is 0.321. The summed E-state index contributed by atoms with van der Waals surface area (Å²) in [5.74, 6) is 0. The third-order valence-corrected chi connectivity index (χ3v) is 4.59. The maximum atomic E-state index is 2.26. The summed E-state index contributed by atoms with van der Waals surface area (Å²) < 4.78 is 0. The van der Waals surface area contributed by atoms with E-state index >= 15 is 0 Å². The molecule has 0 atom stereocenters. The van der Waals surface area contributed by atoms with E-state index in [0.717, 1.165) is 0 Å². The molecular weight excluding hydrogens is 312 g/mol. The minimum atomic E-state index is 1.30. The summed E-state index contributed by atoms with van der Waals surface area (Å²) in [6.07, 6.45) is 5.38. The Kier molecular flexibility index (Phi) is 7.04. The molecule has 0 radical (unpaired) electrons. The highest BCUT2D eigenvalue weighted by atomic mass is 14.1. The van der Waals surface area contributed by atoms with Crippen LogP contribution < -0.4 is 0 Å². The van der Waals surface area contributed by atoms with Crippen LogP contribution in [0.5, 0.6) is 0 Å². The molecule has 4 aromatic rings. The zero-order chi connectivity index (χ0) is 17.9. The Morgan fingerprint density at radius 2 is 0.654 bits per heavy atom. The van der Waals surface area contributed by atoms with Crippen molar-refractivity contribution in [2.24, 2.45) is 0 Å². The second-order valence-electron chi connectivity index (χ2n) is 6.48. The van der Waals surface area contributed by atoms with Gasteiger partial charge in [0, 0.05) is 0 Å². The third kappa shape index (κ3) is 5.60. The lowest BCUT2D eigenvalue weighted by Gasteiger charge is -2.13. The van der Waals surface area contributed by atoms with Crippen LogP contribution in [0.1, 0.15) is 24.0 Å². The predicted molar refractivity (Wildman–Crippen MR) is 113 cm³/mol. The maximum Gasteiger partial charge on any atom is -0.0184 e. The Balaban J connectivity index is 0.000000117. The zero-order valence-electron chi connectivity index (χ0n) is 15.2. The topological polar surface area (TPSA) is 0 Å². The van der Waals surface area contributed by atoms with Gasteiger partial charge in [0.2, 0.25) is 0 Å². The molecule has 1 aliphatic carbocycles. The predicted octanol–water partition coefficient (Wildman–Crippen LogP) is 7.09. The lowest BCUT2D eigenvalue weighted by molar-refractivity contribution is 0.685. The van der Waals surface area contributed by atoms with Crippen LogP contribution in [-0.2, 0) is 12.8 Å². The van der Waals surface area contributed by atoms with E-state index in [-0.39, 0.29) is 0 Å². The molecule has 0 heteroatoms. The number of fused-ring (bicyclic) bond motifs is 2. The van der Waals surface area contributed by atoms with Gasteiger partial charge in [-0.2, -0.15) is 0 Å². The van der Waals surface area contributed by atoms with Crippen LogP contribution in [0.3, 0.4) is 0 Å². The highest BCUT2D eigenvalue weighted by molar-refractivity contribution is 5.82. The van der Waals surface area contributed by atoms with Crippen molar-refractivity contribution < 1.29 is 0 Å². The summed E-state index contributed by atoms with van der Waals surface area (Å²) in [5, 5.41) is 2.62. The molecule has 26 heavy (non-hydrogen) atoms. The molecule has 0 bridgehead atoms. The first kappa shape index (κ1) is 17.9. The third-order valence-electron chi connectivity index (χ3n) is 4.59. The van der Waals surface area contributed by atoms with Crippen molar-refractivity contribution in [2.45, 2.75) is 25.7 Å². The highest BCUT2D eigenvalue weighted by Gasteiger charge is 2.05. The number of hydrogen-bond acceptors (Lipinski definition) is 0. The van der Waals surface area contributed by atoms with Crippen LogP contribution in [0, 0.1) is 0 Å². The summed E-state index contributed by atoms with van der Waals surface area (Å²) in [5.41, 5.74) is 3.16. The van der Waals surface area contributed by atoms with Gasteiger partial charge in [-0.25, -0.2) is 0 Å². The summed E-state index contributed by atoms with van der Waals surface area (Å²) in [4.78, 5) is 0. The first-order valence-corrected chi connectivity index (χ1v) is 9.44. The van der Waals surface area contributed by atoms with Crippen molar-refractivity contribution in [3.63, 3.8) is 0 Å². The largest absolute Gasteiger partial charge is 0.0623 e. The molecule has 0 nitrogen and oxygen atoms in total. The Hall–Kier alpha value is -2.86. The lowest BCUT2D eigenvalue weighted by Crippen LogP contribution is -2.00. The smallest absolute Gasteiger partial charge is 0.0184 e. The van der Waals surface area contributed by atoms with Crippen molar-refractivity contribution in [2.75, 3.05) is 0 Å². The van der Waals surface area contributed by atoms with E-state index in [9.17, 15) is 0 Å². The van der Waals surface area contributed by atoms with Crippen molar-refractivity contribution in [1.82, 2.24) is 0 Å². The molecule has 5 rings (SSSR count). The summed E-state index contributed by atoms with van der Waals surface area (Å²) in [6, 6.07) is 37.5. The van der Waals surface area contributed by atoms with Crippen LogP contribution in [0.2, 0.25) is 0 Å². The van der Waals surface area contributed by atoms with Crippen LogP contribution in [0.4, 0.5) is 0 Å². The minimum absolute atomic E-state index is 1.30. The number of hydrogen-bond donors (Lipinski definition) is 0. The van der Waals surface area contributed by atoms with E-state index in [2.05, 4.69) is 72.8 Å². The van der Waals surface area contributed by atoms with E-state index in [0.29, 0.717) is 0 Å². The molecule has 0 unspecified atom stereocenters. The molecule has 0 saturated carbocycles. The average Bonchev–Trinajstić information content (AvgIpc) is 2.76. The molecule has 1 aliphatic rings. The Labute approximate surface area is 157 Å². The van der Waals surface area contributed by atoms with Crippen molar-refractivity contribution in [3.05, 3.63) is 120 Å². The molecule has 0 heterocycles. The van der Waals surface area contributed by atoms with Gasteiger partial charge in [-0.15, -0.1) is 0 Å². The fourth-order valence-electron chi connectivity index (χ4n) is 3.19. The standard InChI is InChI=1S/C10H12.C10H8.C6H6/c2*1-2-6-10-8-4-3-7-9(10)5-1;1-2-4-6-5-3-1/h1-2,5-6H,3-4,7-8H2;1-8H;1-6H. The first-order valence-electron chi connectivity index (χ1n) is 9.44. The lowest BCUT2D eigenvalue weighted by atomic mass is 9.92. The normalized spacial score (nSPS) is 12.0. The SMILES string of the molecule is c1ccc2c(c1)CCCC2.c1ccc2ccccc2c1.c1ccccc1. The van der Waals surface area contributed by atoms with Crippen molar-refractivity contribution >= 4 is 10.8 Å². The molecule has 0 fully saturated rings. The van der Waals surface area contributed by atoms with E-state index < -0.39 is 0 Å². The number of rotatable bonds is 0. The summed E-state index contributed by atoms with van der Waals surface area (Å²) >= 11 is 0. The van der Waals surface area contributed by atoms with Gasteiger partial charge in [0.15, 0.2) is 0 Å². The van der Waals surface area contributed by atoms with Gasteiger partial charge in [0.25, 0.3) is 0 Å². The van der Waals surface area contributed by atoms with Gasteiger partial charge in [-0.3, -0.25) is 0 Å². The fraction of sp³-hybridized carbons (Fsp3) is 0.154. The molecule has 0 aliphatic heterocycles. The van der Waals surface area contributed by atoms with Gasteiger partial charge >= 0.3 is 0 Å². The van der Waals surface area contributed by atoms with Crippen LogP contribution in [0.25, 0.3) is 10.8 Å². The second-order valence-corrected chi connectivity index (χ2v) is 6.48. The molecule has 130 valence electrons. The van der Waals surface area contributed by atoms with Gasteiger partial charge in [0.05, 0.1) is 0 Å². The van der Waals surface area contributed by atoms with E-state index in [1.54, 1.807) is 11.1 Å². The molecule has 0 saturated heterocycles. The van der Waals surface area contributed by atoms with Gasteiger partial charge in [0.1, 0.15) is 0 Å². The van der Waals surface area contributed by atoms with E-state index in [1.165, 1.54) is 36.5 Å². The molecule has 4 aromatic carbocycles. The second kappa shape index (κ2) is 10.2. The molecule has 0 amide bonds. The summed E-state index contributed by atoms with van der Waals surface area (Å²) in [7, 11) is 0. The molecule has 0 N–H and O–H groups in total. The molecular formula is C26H26. The molecule has 0 spiro atoms. The van der Waals surface area contributed by atoms with Gasteiger partial charge < -0.3 is 0 Å². The Morgan fingerprint density at radius 3 is 1.00 bits per heavy atom. The highest BCUT2D eigenvalue weighted by Crippen LogP contribution is 2.19. The van der Waals surface area contributed by atoms with Crippen LogP contribution in [-0.4, -0.2) is 0 Å². The van der Waals surface area contributed by atoms with E-state index in [4.69, 9.17) is 0 Å². The van der Waals surface area contributed by atoms with E-state index in [1.807, 2.05) is 36.4 Å². The first-order chi connectivity index (χ1) is 12.9. The number of aryl methyl sites for hydroxylation is 2. The molecule has 0 aromatic heterocycles. The van der Waals surface area contributed by atoms with Gasteiger partial charge in [-0.1, -0.05) is 109 Å². The van der Waals surface area contributed by atoms with Crippen LogP contribution >= 0.6 is 0 Å². The van der Waals surface area contributed by atoms with Gasteiger partial charge in [-0.05, 0) is 47.6 Å². The minimum Gasteiger partial charge on any atom is -0.0623 e. The zero-order valence-corrected chi connectivity index (χ0v) is 15.2. The monoisotopic (exact) mass is 338 g/mol. The van der Waals surface area contributed by atoms with Crippen molar-refractivity contribution in [1.29, 1.82) is 0 Å². The fourth-order valence-corrected chi connectivity index (χ4v) is 3.19. The van der Waals surface area contributed by atoms with Crippen molar-refractivity contribution in [3.8, 4) is 0 Å². The number of benzene rings is 4. The summed E-state index contributed by atoms with van der Waals surface area (Å²) in [6.45, 7) is 0. The average molecular weight is 338 g/mol. The maximum absolute atomic E-state index is 2.26. The Morgan fingerprint density at radius 1 is 0.346 bits per heavy atom. The van der Waals surface area contributed by atoms with Crippen LogP contribution in [0.15, 0.2) is 109 Å². The Bertz CT molecular complexity index is 776.